The van der Waals surface area contributed by atoms with Gasteiger partial charge in [0.15, 0.2) is 0 Å². The molecule has 0 amide bonds. The third kappa shape index (κ3) is 5.29. The molecule has 1 atom stereocenters. The van der Waals surface area contributed by atoms with E-state index >= 15 is 0 Å². The van der Waals surface area contributed by atoms with Gasteiger partial charge in [-0.25, -0.2) is 0 Å². The smallest absolute Gasteiger partial charge is 0.0462 e. The van der Waals surface area contributed by atoms with Crippen molar-refractivity contribution in [1.29, 1.82) is 0 Å². The zero-order valence-electron chi connectivity index (χ0n) is 10.4. The SMILES string of the molecule is COCCCC(N)CCc1ccc(C)cc1. The average Bonchev–Trinajstić information content (AvgIpc) is 2.29. The fourth-order valence-corrected chi connectivity index (χ4v) is 1.74. The van der Waals surface area contributed by atoms with Gasteiger partial charge in [-0.15, -0.1) is 0 Å². The van der Waals surface area contributed by atoms with Crippen molar-refractivity contribution < 1.29 is 4.74 Å². The Labute approximate surface area is 98.8 Å². The number of aryl methyl sites for hydroxylation is 2. The first-order valence-electron chi connectivity index (χ1n) is 6.02. The second-order valence-corrected chi connectivity index (χ2v) is 4.42. The van der Waals surface area contributed by atoms with Crippen LogP contribution in [0.25, 0.3) is 0 Å². The summed E-state index contributed by atoms with van der Waals surface area (Å²) in [5.74, 6) is 0. The highest BCUT2D eigenvalue weighted by molar-refractivity contribution is 5.21. The molecule has 1 rings (SSSR count). The number of rotatable bonds is 7. The molecule has 0 radical (unpaired) electrons. The molecule has 0 heterocycles. The molecule has 0 saturated heterocycles. The van der Waals surface area contributed by atoms with E-state index < -0.39 is 0 Å². The highest BCUT2D eigenvalue weighted by Crippen LogP contribution is 2.08. The molecule has 2 nitrogen and oxygen atoms in total. The Kier molecular flexibility index (Phi) is 6.12. The van der Waals surface area contributed by atoms with Crippen LogP contribution in [0.1, 0.15) is 30.4 Å². The van der Waals surface area contributed by atoms with Gasteiger partial charge < -0.3 is 10.5 Å². The van der Waals surface area contributed by atoms with Crippen molar-refractivity contribution >= 4 is 0 Å². The van der Waals surface area contributed by atoms with Crippen LogP contribution in [0.5, 0.6) is 0 Å². The Morgan fingerprint density at radius 1 is 1.19 bits per heavy atom. The van der Waals surface area contributed by atoms with E-state index in [-0.39, 0.29) is 0 Å². The van der Waals surface area contributed by atoms with E-state index in [1.807, 2.05) is 0 Å². The molecule has 0 bridgehead atoms. The first kappa shape index (κ1) is 13.2. The largest absolute Gasteiger partial charge is 0.385 e. The van der Waals surface area contributed by atoms with E-state index in [0.29, 0.717) is 6.04 Å². The predicted molar refractivity (Wildman–Crippen MR) is 68.6 cm³/mol. The van der Waals surface area contributed by atoms with Crippen molar-refractivity contribution in [2.45, 2.75) is 38.6 Å². The molecule has 16 heavy (non-hydrogen) atoms. The van der Waals surface area contributed by atoms with Gasteiger partial charge in [0, 0.05) is 19.8 Å². The number of ether oxygens (including phenoxy) is 1. The lowest BCUT2D eigenvalue weighted by atomic mass is 10.0. The van der Waals surface area contributed by atoms with E-state index in [4.69, 9.17) is 10.5 Å². The maximum absolute atomic E-state index is 6.04. The minimum atomic E-state index is 0.302. The monoisotopic (exact) mass is 221 g/mol. The number of benzene rings is 1. The lowest BCUT2D eigenvalue weighted by molar-refractivity contribution is 0.190. The summed E-state index contributed by atoms with van der Waals surface area (Å²) in [6.45, 7) is 2.93. The molecule has 0 aliphatic rings. The number of hydrogen-bond acceptors (Lipinski definition) is 2. The summed E-state index contributed by atoms with van der Waals surface area (Å²) in [6.07, 6.45) is 4.26. The molecule has 1 unspecified atom stereocenters. The van der Waals surface area contributed by atoms with Gasteiger partial charge >= 0.3 is 0 Å². The lowest BCUT2D eigenvalue weighted by Gasteiger charge is -2.11. The molecule has 0 saturated carbocycles. The predicted octanol–water partition coefficient (Wildman–Crippen LogP) is 2.68. The third-order valence-electron chi connectivity index (χ3n) is 2.85. The van der Waals surface area contributed by atoms with Crippen LogP contribution in [0.3, 0.4) is 0 Å². The van der Waals surface area contributed by atoms with Crippen molar-refractivity contribution in [1.82, 2.24) is 0 Å². The van der Waals surface area contributed by atoms with Gasteiger partial charge in [-0.3, -0.25) is 0 Å². The molecular formula is C14H23NO. The quantitative estimate of drug-likeness (QED) is 0.718. The van der Waals surface area contributed by atoms with Gasteiger partial charge in [-0.05, 0) is 38.2 Å². The van der Waals surface area contributed by atoms with Crippen LogP contribution < -0.4 is 5.73 Å². The Balaban J connectivity index is 2.20. The van der Waals surface area contributed by atoms with Crippen molar-refractivity contribution in [3.8, 4) is 0 Å². The van der Waals surface area contributed by atoms with Crippen molar-refractivity contribution in [3.05, 3.63) is 35.4 Å². The van der Waals surface area contributed by atoms with Crippen LogP contribution >= 0.6 is 0 Å². The zero-order valence-corrected chi connectivity index (χ0v) is 10.4. The summed E-state index contributed by atoms with van der Waals surface area (Å²) in [4.78, 5) is 0. The summed E-state index contributed by atoms with van der Waals surface area (Å²) in [5, 5.41) is 0. The molecule has 1 aromatic rings. The zero-order chi connectivity index (χ0) is 11.8. The number of nitrogens with two attached hydrogens (primary N) is 1. The van der Waals surface area contributed by atoms with Crippen LogP contribution in [0.15, 0.2) is 24.3 Å². The first-order valence-corrected chi connectivity index (χ1v) is 6.02. The molecule has 1 aromatic carbocycles. The maximum Gasteiger partial charge on any atom is 0.0462 e. The van der Waals surface area contributed by atoms with E-state index in [1.165, 1.54) is 11.1 Å². The lowest BCUT2D eigenvalue weighted by Crippen LogP contribution is -2.21. The molecule has 0 aliphatic carbocycles. The highest BCUT2D eigenvalue weighted by Gasteiger charge is 2.02. The second kappa shape index (κ2) is 7.42. The topological polar surface area (TPSA) is 35.2 Å². The Morgan fingerprint density at radius 2 is 1.88 bits per heavy atom. The van der Waals surface area contributed by atoms with E-state index in [9.17, 15) is 0 Å². The van der Waals surface area contributed by atoms with Crippen molar-refractivity contribution in [2.75, 3.05) is 13.7 Å². The fourth-order valence-electron chi connectivity index (χ4n) is 1.74. The van der Waals surface area contributed by atoms with Gasteiger partial charge in [0.05, 0.1) is 0 Å². The summed E-state index contributed by atoms with van der Waals surface area (Å²) in [6, 6.07) is 9.00. The standard InChI is InChI=1S/C14H23NO/c1-12-5-7-13(8-6-12)9-10-14(15)4-3-11-16-2/h5-8,14H,3-4,9-11,15H2,1-2H3. The fraction of sp³-hybridized carbons (Fsp3) is 0.571. The third-order valence-corrected chi connectivity index (χ3v) is 2.85. The van der Waals surface area contributed by atoms with Crippen LogP contribution in [-0.2, 0) is 11.2 Å². The van der Waals surface area contributed by atoms with Gasteiger partial charge in [-0.2, -0.15) is 0 Å². The number of methoxy groups -OCH3 is 1. The second-order valence-electron chi connectivity index (χ2n) is 4.42. The van der Waals surface area contributed by atoms with Gasteiger partial charge in [0.2, 0.25) is 0 Å². The minimum absolute atomic E-state index is 0.302. The molecule has 0 aliphatic heterocycles. The van der Waals surface area contributed by atoms with Crippen LogP contribution in [0.2, 0.25) is 0 Å². The number of hydrogen-bond donors (Lipinski definition) is 1. The Morgan fingerprint density at radius 3 is 2.50 bits per heavy atom. The molecule has 0 aromatic heterocycles. The molecule has 0 fully saturated rings. The van der Waals surface area contributed by atoms with Crippen LogP contribution in [0, 0.1) is 6.92 Å². The Bertz CT molecular complexity index is 281. The molecular weight excluding hydrogens is 198 g/mol. The Hall–Kier alpha value is -0.860. The van der Waals surface area contributed by atoms with Gasteiger partial charge in [0.1, 0.15) is 0 Å². The maximum atomic E-state index is 6.04. The minimum Gasteiger partial charge on any atom is -0.385 e. The van der Waals surface area contributed by atoms with Crippen molar-refractivity contribution in [3.63, 3.8) is 0 Å². The van der Waals surface area contributed by atoms with Crippen molar-refractivity contribution in [2.24, 2.45) is 5.73 Å². The summed E-state index contributed by atoms with van der Waals surface area (Å²) in [7, 11) is 1.73. The van der Waals surface area contributed by atoms with Crippen LogP contribution in [-0.4, -0.2) is 19.8 Å². The molecule has 0 spiro atoms. The highest BCUT2D eigenvalue weighted by atomic mass is 16.5. The van der Waals surface area contributed by atoms with E-state index in [1.54, 1.807) is 7.11 Å². The molecule has 2 N–H and O–H groups in total. The van der Waals surface area contributed by atoms with Gasteiger partial charge in [0.25, 0.3) is 0 Å². The summed E-state index contributed by atoms with van der Waals surface area (Å²) < 4.78 is 5.01. The van der Waals surface area contributed by atoms with E-state index in [2.05, 4.69) is 31.2 Å². The molecule has 90 valence electrons. The summed E-state index contributed by atoms with van der Waals surface area (Å²) in [5.41, 5.74) is 8.73. The first-order chi connectivity index (χ1) is 7.72. The molecule has 2 heteroatoms. The van der Waals surface area contributed by atoms with Crippen LogP contribution in [0.4, 0.5) is 0 Å². The summed E-state index contributed by atoms with van der Waals surface area (Å²) >= 11 is 0. The van der Waals surface area contributed by atoms with Gasteiger partial charge in [-0.1, -0.05) is 29.8 Å². The average molecular weight is 221 g/mol. The normalized spacial score (nSPS) is 12.7. The van der Waals surface area contributed by atoms with E-state index in [0.717, 1.165) is 32.3 Å².